The van der Waals surface area contributed by atoms with Gasteiger partial charge in [0.1, 0.15) is 0 Å². The zero-order valence-electron chi connectivity index (χ0n) is 7.42. The fourth-order valence-corrected chi connectivity index (χ4v) is 1.34. The molecule has 12 heavy (non-hydrogen) atoms. The van der Waals surface area contributed by atoms with Crippen LogP contribution in [0.5, 0.6) is 0 Å². The molecule has 0 heterocycles. The molecule has 1 rings (SSSR count). The van der Waals surface area contributed by atoms with Gasteiger partial charge >= 0.3 is 0 Å². The Kier molecular flexibility index (Phi) is 2.48. The van der Waals surface area contributed by atoms with Crippen molar-refractivity contribution in [1.82, 2.24) is 0 Å². The van der Waals surface area contributed by atoms with Gasteiger partial charge in [0.2, 0.25) is 0 Å². The summed E-state index contributed by atoms with van der Waals surface area (Å²) >= 11 is 0. The summed E-state index contributed by atoms with van der Waals surface area (Å²) in [6, 6.07) is 5.57. The second-order valence-electron chi connectivity index (χ2n) is 2.79. The van der Waals surface area contributed by atoms with Crippen LogP contribution >= 0.6 is 0 Å². The predicted octanol–water partition coefficient (Wildman–Crippen LogP) is 2.03. The number of rotatable bonds is 2. The largest absolute Gasteiger partial charge is 0.398 e. The number of carbonyl (C=O) groups excluding carboxylic acids is 1. The van der Waals surface area contributed by atoms with Gasteiger partial charge in [0.15, 0.2) is 5.78 Å². The first-order valence-corrected chi connectivity index (χ1v) is 4.05. The van der Waals surface area contributed by atoms with Crippen molar-refractivity contribution in [2.45, 2.75) is 20.3 Å². The van der Waals surface area contributed by atoms with E-state index in [0.29, 0.717) is 11.3 Å². The van der Waals surface area contributed by atoms with Gasteiger partial charge in [-0.3, -0.25) is 4.79 Å². The number of anilines is 1. The van der Waals surface area contributed by atoms with Gasteiger partial charge in [0.05, 0.1) is 0 Å². The van der Waals surface area contributed by atoms with Crippen LogP contribution in [0.3, 0.4) is 0 Å². The van der Waals surface area contributed by atoms with Crippen molar-refractivity contribution < 1.29 is 4.79 Å². The van der Waals surface area contributed by atoms with E-state index in [-0.39, 0.29) is 5.78 Å². The lowest BCUT2D eigenvalue weighted by molar-refractivity contribution is 0.101. The van der Waals surface area contributed by atoms with Gasteiger partial charge in [-0.2, -0.15) is 0 Å². The molecule has 2 heteroatoms. The Labute approximate surface area is 72.4 Å². The van der Waals surface area contributed by atoms with E-state index in [4.69, 9.17) is 5.73 Å². The van der Waals surface area contributed by atoms with Crippen LogP contribution < -0.4 is 5.73 Å². The van der Waals surface area contributed by atoms with Crippen molar-refractivity contribution in [3.05, 3.63) is 29.3 Å². The highest BCUT2D eigenvalue weighted by Crippen LogP contribution is 2.17. The highest BCUT2D eigenvalue weighted by atomic mass is 16.1. The molecule has 2 nitrogen and oxygen atoms in total. The Hall–Kier alpha value is -1.31. The molecule has 0 aromatic heterocycles. The van der Waals surface area contributed by atoms with Crippen LogP contribution in [-0.2, 0) is 6.42 Å². The second-order valence-corrected chi connectivity index (χ2v) is 2.79. The molecule has 0 fully saturated rings. The first kappa shape index (κ1) is 8.78. The number of nitrogens with two attached hydrogens (primary N) is 1. The number of hydrogen-bond donors (Lipinski definition) is 1. The average Bonchev–Trinajstić information content (AvgIpc) is 2.03. The van der Waals surface area contributed by atoms with Crippen molar-refractivity contribution in [3.63, 3.8) is 0 Å². The smallest absolute Gasteiger partial charge is 0.162 e. The number of Topliss-reactive ketones (excluding diaryl/α,β-unsaturated/α-hetero) is 1. The summed E-state index contributed by atoms with van der Waals surface area (Å²) in [5.74, 6) is 0.0463. The minimum Gasteiger partial charge on any atom is -0.398 e. The number of ketones is 1. The van der Waals surface area contributed by atoms with Crippen LogP contribution in [0.15, 0.2) is 18.2 Å². The molecule has 0 amide bonds. The van der Waals surface area contributed by atoms with Crippen molar-refractivity contribution in [2.75, 3.05) is 5.73 Å². The first-order valence-electron chi connectivity index (χ1n) is 4.05. The van der Waals surface area contributed by atoms with Gasteiger partial charge in [0.25, 0.3) is 0 Å². The fraction of sp³-hybridized carbons (Fsp3) is 0.300. The third-order valence-electron chi connectivity index (χ3n) is 1.92. The summed E-state index contributed by atoms with van der Waals surface area (Å²) < 4.78 is 0. The molecule has 0 saturated carbocycles. The van der Waals surface area contributed by atoms with Gasteiger partial charge in [0, 0.05) is 11.3 Å². The summed E-state index contributed by atoms with van der Waals surface area (Å²) in [5, 5.41) is 0. The summed E-state index contributed by atoms with van der Waals surface area (Å²) in [4.78, 5) is 11.2. The van der Waals surface area contributed by atoms with Crippen LogP contribution in [0.4, 0.5) is 5.69 Å². The number of nitrogen functional groups attached to an aromatic ring is 1. The molecule has 1 aromatic rings. The molecule has 0 aliphatic carbocycles. The number of benzene rings is 1. The number of hydrogen-bond acceptors (Lipinski definition) is 2. The van der Waals surface area contributed by atoms with Crippen molar-refractivity contribution in [3.8, 4) is 0 Å². The molecule has 0 atom stereocenters. The highest BCUT2D eigenvalue weighted by Gasteiger charge is 2.08. The quantitative estimate of drug-likeness (QED) is 0.535. The third kappa shape index (κ3) is 1.47. The van der Waals surface area contributed by atoms with Crippen LogP contribution in [0.1, 0.15) is 29.8 Å². The number of carbonyl (C=O) groups is 1. The first-order chi connectivity index (χ1) is 5.66. The van der Waals surface area contributed by atoms with E-state index >= 15 is 0 Å². The zero-order valence-corrected chi connectivity index (χ0v) is 7.42. The monoisotopic (exact) mass is 163 g/mol. The molecule has 1 aromatic carbocycles. The van der Waals surface area contributed by atoms with Crippen molar-refractivity contribution in [2.24, 2.45) is 0 Å². The predicted molar refractivity (Wildman–Crippen MR) is 50.2 cm³/mol. The van der Waals surface area contributed by atoms with Gasteiger partial charge in [-0.05, 0) is 25.0 Å². The third-order valence-corrected chi connectivity index (χ3v) is 1.92. The second kappa shape index (κ2) is 3.39. The van der Waals surface area contributed by atoms with Gasteiger partial charge in [-0.1, -0.05) is 19.1 Å². The highest BCUT2D eigenvalue weighted by molar-refractivity contribution is 6.00. The minimum atomic E-state index is 0.0463. The maximum Gasteiger partial charge on any atom is 0.162 e. The molecule has 0 saturated heterocycles. The maximum absolute atomic E-state index is 11.2. The molecule has 0 aliphatic heterocycles. The average molecular weight is 163 g/mol. The van der Waals surface area contributed by atoms with E-state index < -0.39 is 0 Å². The van der Waals surface area contributed by atoms with Crippen LogP contribution in [0.2, 0.25) is 0 Å². The van der Waals surface area contributed by atoms with E-state index in [9.17, 15) is 4.79 Å². The summed E-state index contributed by atoms with van der Waals surface area (Å²) in [5.41, 5.74) is 7.97. The Balaban J connectivity index is 3.29. The lowest BCUT2D eigenvalue weighted by atomic mass is 10.0. The standard InChI is InChI=1S/C10H13NO/c1-3-8-5-4-6-9(11)10(8)7(2)12/h4-6H,3,11H2,1-2H3. The summed E-state index contributed by atoms with van der Waals surface area (Å²) in [7, 11) is 0. The van der Waals surface area contributed by atoms with Crippen molar-refractivity contribution in [1.29, 1.82) is 0 Å². The molecule has 0 unspecified atom stereocenters. The molecule has 64 valence electrons. The zero-order chi connectivity index (χ0) is 9.14. The van der Waals surface area contributed by atoms with Gasteiger partial charge < -0.3 is 5.73 Å². The molecule has 0 spiro atoms. The minimum absolute atomic E-state index is 0.0463. The van der Waals surface area contributed by atoms with Gasteiger partial charge in [-0.25, -0.2) is 0 Å². The molecule has 0 aliphatic rings. The lowest BCUT2D eigenvalue weighted by Gasteiger charge is -2.06. The van der Waals surface area contributed by atoms with Crippen LogP contribution in [0, 0.1) is 0 Å². The van der Waals surface area contributed by atoms with E-state index in [2.05, 4.69) is 0 Å². The van der Waals surface area contributed by atoms with E-state index in [1.165, 1.54) is 0 Å². The topological polar surface area (TPSA) is 43.1 Å². The van der Waals surface area contributed by atoms with Gasteiger partial charge in [-0.15, -0.1) is 0 Å². The summed E-state index contributed by atoms with van der Waals surface area (Å²) in [6.45, 7) is 3.56. The lowest BCUT2D eigenvalue weighted by Crippen LogP contribution is -2.03. The molecule has 0 bridgehead atoms. The number of aryl methyl sites for hydroxylation is 1. The molecular formula is C10H13NO. The van der Waals surface area contributed by atoms with E-state index in [1.807, 2.05) is 19.1 Å². The summed E-state index contributed by atoms with van der Waals surface area (Å²) in [6.07, 6.45) is 0.847. The van der Waals surface area contributed by atoms with E-state index in [1.54, 1.807) is 13.0 Å². The molecule has 0 radical (unpaired) electrons. The Morgan fingerprint density at radius 1 is 1.50 bits per heavy atom. The Morgan fingerprint density at radius 2 is 2.17 bits per heavy atom. The fourth-order valence-electron chi connectivity index (χ4n) is 1.34. The molecular weight excluding hydrogens is 150 g/mol. The Morgan fingerprint density at radius 3 is 2.58 bits per heavy atom. The SMILES string of the molecule is CCc1cccc(N)c1C(C)=O. The van der Waals surface area contributed by atoms with E-state index in [0.717, 1.165) is 12.0 Å². The van der Waals surface area contributed by atoms with Crippen LogP contribution in [-0.4, -0.2) is 5.78 Å². The van der Waals surface area contributed by atoms with Crippen LogP contribution in [0.25, 0.3) is 0 Å². The Bertz CT molecular complexity index is 305. The van der Waals surface area contributed by atoms with Crippen molar-refractivity contribution >= 4 is 11.5 Å². The normalized spacial score (nSPS) is 9.83. The molecule has 2 N–H and O–H groups in total. The maximum atomic E-state index is 11.2.